The predicted molar refractivity (Wildman–Crippen MR) is 101 cm³/mol. The molecule has 0 bridgehead atoms. The van der Waals surface area contributed by atoms with Crippen LogP contribution in [-0.4, -0.2) is 28.2 Å². The fourth-order valence-corrected chi connectivity index (χ4v) is 4.32. The first-order valence-electron chi connectivity index (χ1n) is 8.65. The molecular formula is C19H25ClN4O. The van der Waals surface area contributed by atoms with E-state index in [1.54, 1.807) is 6.20 Å². The highest BCUT2D eigenvalue weighted by Crippen LogP contribution is 2.50. The van der Waals surface area contributed by atoms with Gasteiger partial charge in [0.25, 0.3) is 0 Å². The summed E-state index contributed by atoms with van der Waals surface area (Å²) < 4.78 is 0. The second-order valence-electron chi connectivity index (χ2n) is 7.14. The number of aromatic nitrogens is 2. The molecule has 25 heavy (non-hydrogen) atoms. The number of aliphatic hydroxyl groups is 1. The van der Waals surface area contributed by atoms with Crippen LogP contribution in [0.25, 0.3) is 0 Å². The lowest BCUT2D eigenvalue weighted by atomic mass is 9.73. The van der Waals surface area contributed by atoms with Crippen LogP contribution in [-0.2, 0) is 13.0 Å². The van der Waals surface area contributed by atoms with E-state index in [2.05, 4.69) is 39.1 Å². The first kappa shape index (κ1) is 18.1. The van der Waals surface area contributed by atoms with E-state index in [4.69, 9.17) is 5.73 Å². The minimum absolute atomic E-state index is 0. The number of nitrogens with zero attached hydrogens (tertiary/aromatic N) is 3. The highest BCUT2D eigenvalue weighted by molar-refractivity contribution is 5.85. The average Bonchev–Trinajstić information content (AvgIpc) is 2.88. The van der Waals surface area contributed by atoms with Gasteiger partial charge in [0.05, 0.1) is 12.3 Å². The third-order valence-corrected chi connectivity index (χ3v) is 5.75. The van der Waals surface area contributed by atoms with Crippen molar-refractivity contribution in [1.29, 1.82) is 0 Å². The van der Waals surface area contributed by atoms with Crippen LogP contribution in [0.2, 0.25) is 0 Å². The number of aliphatic hydroxyl groups excluding tert-OH is 1. The van der Waals surface area contributed by atoms with Crippen LogP contribution in [0.4, 0.5) is 5.82 Å². The van der Waals surface area contributed by atoms with Crippen LogP contribution >= 0.6 is 12.4 Å². The molecule has 1 aliphatic carbocycles. The van der Waals surface area contributed by atoms with Crippen LogP contribution < -0.4 is 10.6 Å². The zero-order chi connectivity index (χ0) is 16.7. The van der Waals surface area contributed by atoms with Crippen molar-refractivity contribution < 1.29 is 5.11 Å². The molecule has 4 rings (SSSR count). The number of aryl methyl sites for hydroxylation is 1. The number of rotatable bonds is 2. The van der Waals surface area contributed by atoms with Crippen LogP contribution in [0.15, 0.2) is 30.5 Å². The van der Waals surface area contributed by atoms with Crippen molar-refractivity contribution in [2.45, 2.75) is 38.8 Å². The standard InChI is InChI=1S/C19H24N4O.ClH/c1-13-11-21-16(12-24)18(22-13)23-8-6-19(7-9-23)10-14-4-2-3-5-15(14)17(19)20;/h2-5,11,17,24H,6-10,12,20H2,1H3;1H/t17-;/m1./s1. The number of anilines is 1. The molecule has 0 amide bonds. The van der Waals surface area contributed by atoms with E-state index in [0.29, 0.717) is 5.69 Å². The van der Waals surface area contributed by atoms with Gasteiger partial charge in [0.1, 0.15) is 5.69 Å². The summed E-state index contributed by atoms with van der Waals surface area (Å²) in [5, 5.41) is 9.56. The van der Waals surface area contributed by atoms with Gasteiger partial charge in [0.2, 0.25) is 0 Å². The van der Waals surface area contributed by atoms with Crippen molar-refractivity contribution in [3.05, 3.63) is 53.0 Å². The molecule has 3 N–H and O–H groups in total. The maximum absolute atomic E-state index is 9.56. The summed E-state index contributed by atoms with van der Waals surface area (Å²) in [6.07, 6.45) is 4.88. The Morgan fingerprint density at radius 3 is 2.68 bits per heavy atom. The van der Waals surface area contributed by atoms with Gasteiger partial charge in [0.15, 0.2) is 5.82 Å². The number of nitrogens with two attached hydrogens (primary N) is 1. The molecule has 2 aromatic rings. The highest BCUT2D eigenvalue weighted by Gasteiger charge is 2.46. The van der Waals surface area contributed by atoms with Crippen LogP contribution in [0.5, 0.6) is 0 Å². The van der Waals surface area contributed by atoms with Crippen molar-refractivity contribution in [3.63, 3.8) is 0 Å². The van der Waals surface area contributed by atoms with E-state index < -0.39 is 0 Å². The van der Waals surface area contributed by atoms with E-state index >= 15 is 0 Å². The fourth-order valence-electron chi connectivity index (χ4n) is 4.32. The van der Waals surface area contributed by atoms with Gasteiger partial charge in [-0.25, -0.2) is 4.98 Å². The van der Waals surface area contributed by atoms with Crippen molar-refractivity contribution in [2.24, 2.45) is 11.1 Å². The molecule has 2 aliphatic rings. The predicted octanol–water partition coefficient (Wildman–Crippen LogP) is 2.54. The van der Waals surface area contributed by atoms with Crippen LogP contribution in [0.3, 0.4) is 0 Å². The molecule has 6 heteroatoms. The smallest absolute Gasteiger partial charge is 0.153 e. The number of piperidine rings is 1. The molecule has 1 atom stereocenters. The lowest BCUT2D eigenvalue weighted by Crippen LogP contribution is -2.45. The van der Waals surface area contributed by atoms with E-state index in [1.165, 1.54) is 11.1 Å². The summed E-state index contributed by atoms with van der Waals surface area (Å²) in [5.41, 5.74) is 11.1. The Bertz CT molecular complexity index is 759. The largest absolute Gasteiger partial charge is 0.390 e. The summed E-state index contributed by atoms with van der Waals surface area (Å²) in [4.78, 5) is 11.2. The summed E-state index contributed by atoms with van der Waals surface area (Å²) in [5.74, 6) is 0.830. The summed E-state index contributed by atoms with van der Waals surface area (Å²) in [6.45, 7) is 3.68. The Morgan fingerprint density at radius 1 is 1.28 bits per heavy atom. The molecule has 1 aliphatic heterocycles. The molecule has 5 nitrogen and oxygen atoms in total. The minimum atomic E-state index is -0.0742. The minimum Gasteiger partial charge on any atom is -0.390 e. The van der Waals surface area contributed by atoms with E-state index in [0.717, 1.165) is 43.9 Å². The molecule has 0 unspecified atom stereocenters. The van der Waals surface area contributed by atoms with Gasteiger partial charge in [-0.3, -0.25) is 4.98 Å². The van der Waals surface area contributed by atoms with E-state index in [-0.39, 0.29) is 30.5 Å². The Morgan fingerprint density at radius 2 is 2.00 bits per heavy atom. The molecule has 1 aromatic heterocycles. The lowest BCUT2D eigenvalue weighted by molar-refractivity contribution is 0.186. The number of hydrogen-bond donors (Lipinski definition) is 2. The SMILES string of the molecule is Cc1cnc(CO)c(N2CCC3(CC2)Cc2ccccc2[C@H]3N)n1.Cl. The van der Waals surface area contributed by atoms with Crippen LogP contribution in [0.1, 0.15) is 41.4 Å². The monoisotopic (exact) mass is 360 g/mol. The van der Waals surface area contributed by atoms with Crippen molar-refractivity contribution in [1.82, 2.24) is 9.97 Å². The first-order valence-corrected chi connectivity index (χ1v) is 8.65. The molecule has 1 spiro atoms. The first-order chi connectivity index (χ1) is 11.6. The number of fused-ring (bicyclic) bond motifs is 1. The van der Waals surface area contributed by atoms with Gasteiger partial charge in [-0.05, 0) is 42.7 Å². The average molecular weight is 361 g/mol. The van der Waals surface area contributed by atoms with E-state index in [9.17, 15) is 5.11 Å². The summed E-state index contributed by atoms with van der Waals surface area (Å²) in [7, 11) is 0. The lowest BCUT2D eigenvalue weighted by Gasteiger charge is -2.43. The number of hydrogen-bond acceptors (Lipinski definition) is 5. The maximum atomic E-state index is 9.56. The van der Waals surface area contributed by atoms with Gasteiger partial charge < -0.3 is 15.7 Å². The van der Waals surface area contributed by atoms with Crippen molar-refractivity contribution in [3.8, 4) is 0 Å². The fraction of sp³-hybridized carbons (Fsp3) is 0.474. The summed E-state index contributed by atoms with van der Waals surface area (Å²) >= 11 is 0. The topological polar surface area (TPSA) is 75.3 Å². The second-order valence-corrected chi connectivity index (χ2v) is 7.14. The molecule has 1 fully saturated rings. The Labute approximate surface area is 154 Å². The van der Waals surface area contributed by atoms with Crippen molar-refractivity contribution in [2.75, 3.05) is 18.0 Å². The molecule has 2 heterocycles. The Hall–Kier alpha value is -1.69. The third-order valence-electron chi connectivity index (χ3n) is 5.75. The molecule has 134 valence electrons. The second kappa shape index (κ2) is 6.90. The van der Waals surface area contributed by atoms with Crippen LogP contribution in [0, 0.1) is 12.3 Å². The van der Waals surface area contributed by atoms with Gasteiger partial charge in [0, 0.05) is 25.3 Å². The Balaban J connectivity index is 0.00000182. The third kappa shape index (κ3) is 3.01. The molecule has 0 saturated carbocycles. The quantitative estimate of drug-likeness (QED) is 0.860. The maximum Gasteiger partial charge on any atom is 0.153 e. The van der Waals surface area contributed by atoms with Gasteiger partial charge in [-0.15, -0.1) is 12.4 Å². The van der Waals surface area contributed by atoms with Gasteiger partial charge in [-0.1, -0.05) is 24.3 Å². The highest BCUT2D eigenvalue weighted by atomic mass is 35.5. The Kier molecular flexibility index (Phi) is 5.00. The summed E-state index contributed by atoms with van der Waals surface area (Å²) in [6, 6.07) is 8.71. The molecule has 1 saturated heterocycles. The zero-order valence-corrected chi connectivity index (χ0v) is 15.3. The van der Waals surface area contributed by atoms with Gasteiger partial charge >= 0.3 is 0 Å². The molecule has 1 aromatic carbocycles. The van der Waals surface area contributed by atoms with Gasteiger partial charge in [-0.2, -0.15) is 0 Å². The number of benzene rings is 1. The molecule has 0 radical (unpaired) electrons. The zero-order valence-electron chi connectivity index (χ0n) is 14.5. The normalized spacial score (nSPS) is 21.1. The van der Waals surface area contributed by atoms with Crippen molar-refractivity contribution >= 4 is 18.2 Å². The molecular weight excluding hydrogens is 336 g/mol. The van der Waals surface area contributed by atoms with E-state index in [1.807, 2.05) is 6.92 Å². The number of halogens is 1.